The molecular weight excluding hydrogens is 280 g/mol. The van der Waals surface area contributed by atoms with Crippen molar-refractivity contribution in [2.24, 2.45) is 5.73 Å². The summed E-state index contributed by atoms with van der Waals surface area (Å²) in [5.74, 6) is 1.42. The highest BCUT2D eigenvalue weighted by molar-refractivity contribution is 7.80. The van der Waals surface area contributed by atoms with E-state index >= 15 is 0 Å². The minimum absolute atomic E-state index is 0.269. The maximum absolute atomic E-state index is 5.98. The van der Waals surface area contributed by atoms with Gasteiger partial charge >= 0.3 is 0 Å². The third-order valence-electron chi connectivity index (χ3n) is 2.63. The molecule has 1 aromatic carbocycles. The largest absolute Gasteiger partial charge is 0.455 e. The first-order valence-electron chi connectivity index (χ1n) is 5.68. The number of aryl methyl sites for hydroxylation is 2. The van der Waals surface area contributed by atoms with E-state index in [0.29, 0.717) is 16.5 Å². The van der Waals surface area contributed by atoms with Crippen molar-refractivity contribution in [3.05, 3.63) is 52.3 Å². The summed E-state index contributed by atoms with van der Waals surface area (Å²) in [6, 6.07) is 7.24. The van der Waals surface area contributed by atoms with Crippen LogP contribution in [0, 0.1) is 13.8 Å². The molecule has 0 aliphatic carbocycles. The standard InChI is InChI=1S/C14H13ClN2OS/c1-8-5-10(15)6-9(2)13(8)18-11-3-4-12(14(16)19)17-7-11/h3-7H,1-2H3,(H2,16,19). The van der Waals surface area contributed by atoms with Crippen molar-refractivity contribution in [1.29, 1.82) is 0 Å². The smallest absolute Gasteiger partial charge is 0.145 e. The first-order valence-corrected chi connectivity index (χ1v) is 6.46. The highest BCUT2D eigenvalue weighted by Crippen LogP contribution is 2.30. The molecule has 2 N–H and O–H groups in total. The molecule has 0 atom stereocenters. The van der Waals surface area contributed by atoms with Crippen LogP contribution in [-0.2, 0) is 0 Å². The second kappa shape index (κ2) is 5.55. The zero-order valence-electron chi connectivity index (χ0n) is 10.6. The summed E-state index contributed by atoms with van der Waals surface area (Å²) in [5, 5.41) is 0.698. The van der Waals surface area contributed by atoms with Crippen LogP contribution in [0.15, 0.2) is 30.5 Å². The Hall–Kier alpha value is -1.65. The topological polar surface area (TPSA) is 48.1 Å². The molecule has 0 aliphatic rings. The normalized spacial score (nSPS) is 10.3. The average Bonchev–Trinajstić information content (AvgIpc) is 2.34. The quantitative estimate of drug-likeness (QED) is 0.875. The number of halogens is 1. The van der Waals surface area contributed by atoms with E-state index < -0.39 is 0 Å². The number of thiocarbonyl (C=S) groups is 1. The molecule has 1 heterocycles. The van der Waals surface area contributed by atoms with Crippen LogP contribution in [0.5, 0.6) is 11.5 Å². The molecule has 0 aliphatic heterocycles. The number of aromatic nitrogens is 1. The molecule has 5 heteroatoms. The number of hydrogen-bond acceptors (Lipinski definition) is 3. The van der Waals surface area contributed by atoms with Crippen LogP contribution in [0.1, 0.15) is 16.8 Å². The van der Waals surface area contributed by atoms with Crippen LogP contribution in [0.3, 0.4) is 0 Å². The second-order valence-electron chi connectivity index (χ2n) is 4.21. The van der Waals surface area contributed by atoms with Crippen LogP contribution in [0.2, 0.25) is 5.02 Å². The van der Waals surface area contributed by atoms with Crippen molar-refractivity contribution in [2.45, 2.75) is 13.8 Å². The van der Waals surface area contributed by atoms with Crippen LogP contribution in [-0.4, -0.2) is 9.97 Å². The molecule has 0 saturated heterocycles. The van der Waals surface area contributed by atoms with E-state index in [-0.39, 0.29) is 4.99 Å². The van der Waals surface area contributed by atoms with E-state index in [0.717, 1.165) is 16.9 Å². The monoisotopic (exact) mass is 292 g/mol. The fourth-order valence-electron chi connectivity index (χ4n) is 1.76. The lowest BCUT2D eigenvalue weighted by molar-refractivity contribution is 0.473. The van der Waals surface area contributed by atoms with E-state index in [1.54, 1.807) is 18.3 Å². The minimum atomic E-state index is 0.269. The van der Waals surface area contributed by atoms with Gasteiger partial charge in [-0.15, -0.1) is 0 Å². The number of nitrogens with zero attached hydrogens (tertiary/aromatic N) is 1. The fraction of sp³-hybridized carbons (Fsp3) is 0.143. The predicted octanol–water partition coefficient (Wildman–Crippen LogP) is 3.78. The van der Waals surface area contributed by atoms with Crippen molar-refractivity contribution in [1.82, 2.24) is 4.98 Å². The molecule has 2 aromatic rings. The van der Waals surface area contributed by atoms with Gasteiger partial charge in [-0.1, -0.05) is 23.8 Å². The summed E-state index contributed by atoms with van der Waals surface area (Å²) < 4.78 is 5.82. The first-order chi connectivity index (χ1) is 8.97. The minimum Gasteiger partial charge on any atom is -0.455 e. The van der Waals surface area contributed by atoms with Crippen molar-refractivity contribution < 1.29 is 4.74 Å². The van der Waals surface area contributed by atoms with Gasteiger partial charge in [0.25, 0.3) is 0 Å². The molecule has 0 unspecified atom stereocenters. The lowest BCUT2D eigenvalue weighted by atomic mass is 10.1. The summed E-state index contributed by atoms with van der Waals surface area (Å²) in [6.45, 7) is 3.90. The van der Waals surface area contributed by atoms with Gasteiger partial charge in [-0.3, -0.25) is 0 Å². The van der Waals surface area contributed by atoms with E-state index in [1.165, 1.54) is 0 Å². The van der Waals surface area contributed by atoms with Crippen molar-refractivity contribution in [3.63, 3.8) is 0 Å². The van der Waals surface area contributed by atoms with Crippen LogP contribution < -0.4 is 10.5 Å². The third kappa shape index (κ3) is 3.22. The SMILES string of the molecule is Cc1cc(Cl)cc(C)c1Oc1ccc(C(N)=S)nc1. The molecule has 3 nitrogen and oxygen atoms in total. The van der Waals surface area contributed by atoms with Gasteiger partial charge in [-0.25, -0.2) is 4.98 Å². The van der Waals surface area contributed by atoms with E-state index in [1.807, 2.05) is 26.0 Å². The Morgan fingerprint density at radius 2 is 1.89 bits per heavy atom. The molecule has 2 rings (SSSR count). The molecule has 98 valence electrons. The Morgan fingerprint density at radius 3 is 2.37 bits per heavy atom. The van der Waals surface area contributed by atoms with Crippen LogP contribution >= 0.6 is 23.8 Å². The molecule has 19 heavy (non-hydrogen) atoms. The number of hydrogen-bond donors (Lipinski definition) is 1. The highest BCUT2D eigenvalue weighted by Gasteiger charge is 2.08. The average molecular weight is 293 g/mol. The zero-order chi connectivity index (χ0) is 14.0. The number of pyridine rings is 1. The molecular formula is C14H13ClN2OS. The summed E-state index contributed by atoms with van der Waals surface area (Å²) in [5.41, 5.74) is 8.02. The Labute approximate surface area is 122 Å². The summed E-state index contributed by atoms with van der Waals surface area (Å²) in [4.78, 5) is 4.40. The lowest BCUT2D eigenvalue weighted by Gasteiger charge is -2.12. The van der Waals surface area contributed by atoms with Gasteiger partial charge in [0.05, 0.1) is 11.9 Å². The molecule has 1 aromatic heterocycles. The van der Waals surface area contributed by atoms with Crippen molar-refractivity contribution in [2.75, 3.05) is 0 Å². The van der Waals surface area contributed by atoms with Gasteiger partial charge in [0.1, 0.15) is 16.5 Å². The zero-order valence-corrected chi connectivity index (χ0v) is 12.2. The maximum atomic E-state index is 5.98. The lowest BCUT2D eigenvalue weighted by Crippen LogP contribution is -2.10. The van der Waals surface area contributed by atoms with E-state index in [4.69, 9.17) is 34.3 Å². The van der Waals surface area contributed by atoms with Gasteiger partial charge in [-0.2, -0.15) is 0 Å². The Balaban J connectivity index is 2.29. The summed E-state index contributed by atoms with van der Waals surface area (Å²) >= 11 is 10.8. The summed E-state index contributed by atoms with van der Waals surface area (Å²) in [7, 11) is 0. The van der Waals surface area contributed by atoms with Crippen molar-refractivity contribution in [3.8, 4) is 11.5 Å². The Morgan fingerprint density at radius 1 is 1.26 bits per heavy atom. The second-order valence-corrected chi connectivity index (χ2v) is 5.09. The van der Waals surface area contributed by atoms with Crippen molar-refractivity contribution >= 4 is 28.8 Å². The Bertz CT molecular complexity index is 603. The molecule has 0 radical (unpaired) electrons. The van der Waals surface area contributed by atoms with Gasteiger partial charge in [0.15, 0.2) is 0 Å². The predicted molar refractivity (Wildman–Crippen MR) is 81.1 cm³/mol. The highest BCUT2D eigenvalue weighted by atomic mass is 35.5. The molecule has 0 spiro atoms. The molecule has 0 fully saturated rings. The molecule has 0 saturated carbocycles. The van der Waals surface area contributed by atoms with Gasteiger partial charge in [0.2, 0.25) is 0 Å². The number of nitrogens with two attached hydrogens (primary N) is 1. The van der Waals surface area contributed by atoms with E-state index in [9.17, 15) is 0 Å². The maximum Gasteiger partial charge on any atom is 0.145 e. The van der Waals surface area contributed by atoms with Crippen LogP contribution in [0.4, 0.5) is 0 Å². The third-order valence-corrected chi connectivity index (χ3v) is 3.06. The number of ether oxygens (including phenoxy) is 1. The molecule has 0 bridgehead atoms. The first kappa shape index (κ1) is 13.8. The van der Waals surface area contributed by atoms with Gasteiger partial charge < -0.3 is 10.5 Å². The van der Waals surface area contributed by atoms with E-state index in [2.05, 4.69) is 4.98 Å². The molecule has 0 amide bonds. The fourth-order valence-corrected chi connectivity index (χ4v) is 2.21. The van der Waals surface area contributed by atoms with Gasteiger partial charge in [-0.05, 0) is 49.2 Å². The number of benzene rings is 1. The number of rotatable bonds is 3. The van der Waals surface area contributed by atoms with Gasteiger partial charge in [0, 0.05) is 5.02 Å². The summed E-state index contributed by atoms with van der Waals surface area (Å²) in [6.07, 6.45) is 1.60. The van der Waals surface area contributed by atoms with Crippen LogP contribution in [0.25, 0.3) is 0 Å². The Kier molecular flexibility index (Phi) is 4.02.